The molecule has 6 heteroatoms. The van der Waals surface area contributed by atoms with Crippen molar-refractivity contribution in [1.29, 1.82) is 0 Å². The fourth-order valence-corrected chi connectivity index (χ4v) is 2.84. The highest BCUT2D eigenvalue weighted by molar-refractivity contribution is 5.70. The zero-order valence-electron chi connectivity index (χ0n) is 17.4. The van der Waals surface area contributed by atoms with E-state index in [1.807, 2.05) is 18.2 Å². The molecule has 0 heterocycles. The first-order chi connectivity index (χ1) is 14.1. The maximum Gasteiger partial charge on any atom is 0.293 e. The van der Waals surface area contributed by atoms with Gasteiger partial charge in [-0.15, -0.1) is 0 Å². The predicted octanol–water partition coefficient (Wildman–Crippen LogP) is 3.70. The summed E-state index contributed by atoms with van der Waals surface area (Å²) in [7, 11) is 1.64. The molecule has 2 rings (SSSR count). The van der Waals surface area contributed by atoms with Gasteiger partial charge in [-0.05, 0) is 54.3 Å². The number of carbonyl (C=O) groups is 1. The van der Waals surface area contributed by atoms with Crippen molar-refractivity contribution in [2.75, 3.05) is 46.8 Å². The highest BCUT2D eigenvalue weighted by Crippen LogP contribution is 2.29. The molecule has 0 saturated carbocycles. The molecule has 0 radical (unpaired) electrons. The lowest BCUT2D eigenvalue weighted by atomic mass is 9.97. The minimum Gasteiger partial charge on any atom is -0.491 e. The van der Waals surface area contributed by atoms with Crippen molar-refractivity contribution in [3.63, 3.8) is 0 Å². The van der Waals surface area contributed by atoms with Crippen LogP contribution in [0.5, 0.6) is 5.75 Å². The minimum absolute atomic E-state index is 0.202. The predicted molar refractivity (Wildman–Crippen MR) is 111 cm³/mol. The van der Waals surface area contributed by atoms with Gasteiger partial charge in [0.25, 0.3) is 6.47 Å². The SMILES string of the molecule is COCCOCCOCCOc1cc(COC=O)cc(-c2cc(C)ccc2C)c1. The number of aryl methyl sites for hydroxylation is 2. The zero-order valence-corrected chi connectivity index (χ0v) is 17.4. The summed E-state index contributed by atoms with van der Waals surface area (Å²) in [6.07, 6.45) is 0. The minimum atomic E-state index is 0.202. The van der Waals surface area contributed by atoms with Crippen LogP contribution in [0.1, 0.15) is 16.7 Å². The molecular weight excluding hydrogens is 372 g/mol. The third-order valence-electron chi connectivity index (χ3n) is 4.29. The summed E-state index contributed by atoms with van der Waals surface area (Å²) in [4.78, 5) is 10.6. The Kier molecular flexibility index (Phi) is 10.2. The summed E-state index contributed by atoms with van der Waals surface area (Å²) in [6.45, 7) is 7.85. The molecule has 29 heavy (non-hydrogen) atoms. The van der Waals surface area contributed by atoms with Crippen LogP contribution in [0.4, 0.5) is 0 Å². The van der Waals surface area contributed by atoms with E-state index in [4.69, 9.17) is 23.7 Å². The quantitative estimate of drug-likeness (QED) is 0.355. The molecule has 0 amide bonds. The van der Waals surface area contributed by atoms with Gasteiger partial charge in [0.05, 0.1) is 33.0 Å². The van der Waals surface area contributed by atoms with Crippen LogP contribution < -0.4 is 4.74 Å². The Balaban J connectivity index is 1.96. The molecule has 0 aliphatic rings. The van der Waals surface area contributed by atoms with Gasteiger partial charge in [0.1, 0.15) is 19.0 Å². The summed E-state index contributed by atoms with van der Waals surface area (Å²) >= 11 is 0. The number of methoxy groups -OCH3 is 1. The monoisotopic (exact) mass is 402 g/mol. The van der Waals surface area contributed by atoms with E-state index in [1.54, 1.807) is 7.11 Å². The van der Waals surface area contributed by atoms with Gasteiger partial charge in [0.15, 0.2) is 0 Å². The maximum atomic E-state index is 10.6. The van der Waals surface area contributed by atoms with Gasteiger partial charge < -0.3 is 23.7 Å². The molecule has 2 aromatic rings. The van der Waals surface area contributed by atoms with Gasteiger partial charge in [-0.1, -0.05) is 23.8 Å². The van der Waals surface area contributed by atoms with Crippen molar-refractivity contribution in [2.45, 2.75) is 20.5 Å². The molecule has 0 aromatic heterocycles. The molecular formula is C23H30O6. The van der Waals surface area contributed by atoms with Crippen molar-refractivity contribution in [1.82, 2.24) is 0 Å². The molecule has 2 aromatic carbocycles. The first-order valence-electron chi connectivity index (χ1n) is 9.68. The normalized spacial score (nSPS) is 10.7. The van der Waals surface area contributed by atoms with E-state index < -0.39 is 0 Å². The van der Waals surface area contributed by atoms with E-state index >= 15 is 0 Å². The second kappa shape index (κ2) is 12.9. The lowest BCUT2D eigenvalue weighted by Crippen LogP contribution is -2.12. The molecule has 0 unspecified atom stereocenters. The second-order valence-electron chi connectivity index (χ2n) is 6.66. The van der Waals surface area contributed by atoms with Crippen LogP contribution in [-0.2, 0) is 30.3 Å². The van der Waals surface area contributed by atoms with Gasteiger partial charge >= 0.3 is 0 Å². The summed E-state index contributed by atoms with van der Waals surface area (Å²) in [5.41, 5.74) is 5.39. The highest BCUT2D eigenvalue weighted by atomic mass is 16.6. The van der Waals surface area contributed by atoms with Gasteiger partial charge in [-0.25, -0.2) is 0 Å². The van der Waals surface area contributed by atoms with E-state index in [-0.39, 0.29) is 6.61 Å². The number of carbonyl (C=O) groups excluding carboxylic acids is 1. The average molecular weight is 402 g/mol. The maximum absolute atomic E-state index is 10.6. The summed E-state index contributed by atoms with van der Waals surface area (Å²) in [5.74, 6) is 0.716. The molecule has 0 aliphatic heterocycles. The molecule has 0 fully saturated rings. The van der Waals surface area contributed by atoms with Crippen LogP contribution in [0.25, 0.3) is 11.1 Å². The fourth-order valence-electron chi connectivity index (χ4n) is 2.84. The third-order valence-corrected chi connectivity index (χ3v) is 4.29. The number of hydrogen-bond acceptors (Lipinski definition) is 6. The van der Waals surface area contributed by atoms with Crippen molar-refractivity contribution >= 4 is 6.47 Å². The van der Waals surface area contributed by atoms with E-state index in [0.29, 0.717) is 51.9 Å². The lowest BCUT2D eigenvalue weighted by Gasteiger charge is -2.13. The lowest BCUT2D eigenvalue weighted by molar-refractivity contribution is -0.129. The van der Waals surface area contributed by atoms with E-state index in [1.165, 1.54) is 11.1 Å². The number of benzene rings is 2. The van der Waals surface area contributed by atoms with Gasteiger partial charge in [-0.3, -0.25) is 4.79 Å². The Labute approximate surface area is 172 Å². The van der Waals surface area contributed by atoms with Crippen molar-refractivity contribution in [2.24, 2.45) is 0 Å². The van der Waals surface area contributed by atoms with Crippen LogP contribution in [-0.4, -0.2) is 53.2 Å². The average Bonchev–Trinajstić information content (AvgIpc) is 2.72. The first-order valence-corrected chi connectivity index (χ1v) is 9.68. The molecule has 0 spiro atoms. The Morgan fingerprint density at radius 2 is 1.59 bits per heavy atom. The van der Waals surface area contributed by atoms with Crippen LogP contribution in [0, 0.1) is 13.8 Å². The molecule has 0 bridgehead atoms. The van der Waals surface area contributed by atoms with Crippen molar-refractivity contribution in [3.05, 3.63) is 53.1 Å². The molecule has 0 atom stereocenters. The summed E-state index contributed by atoms with van der Waals surface area (Å²) in [5, 5.41) is 0. The number of hydrogen-bond donors (Lipinski definition) is 0. The molecule has 0 aliphatic carbocycles. The molecule has 0 saturated heterocycles. The number of ether oxygens (including phenoxy) is 5. The van der Waals surface area contributed by atoms with Crippen LogP contribution >= 0.6 is 0 Å². The third kappa shape index (κ3) is 8.23. The Hall–Kier alpha value is -2.41. The number of rotatable bonds is 14. The Morgan fingerprint density at radius 1 is 0.862 bits per heavy atom. The van der Waals surface area contributed by atoms with Crippen molar-refractivity contribution in [3.8, 4) is 16.9 Å². The standard InChI is InChI=1S/C23H30O6/c1-18-4-5-19(2)23(12-18)21-13-20(16-28-17-24)14-22(15-21)29-11-10-27-9-8-26-7-6-25-3/h4-5,12-15,17H,6-11,16H2,1-3H3. The van der Waals surface area contributed by atoms with E-state index in [2.05, 4.69) is 32.0 Å². The van der Waals surface area contributed by atoms with Gasteiger partial charge in [-0.2, -0.15) is 0 Å². The Bertz CT molecular complexity index is 759. The first kappa shape index (κ1) is 22.9. The van der Waals surface area contributed by atoms with Crippen LogP contribution in [0.15, 0.2) is 36.4 Å². The van der Waals surface area contributed by atoms with E-state index in [0.717, 1.165) is 16.7 Å². The summed E-state index contributed by atoms with van der Waals surface area (Å²) in [6, 6.07) is 12.2. The smallest absolute Gasteiger partial charge is 0.293 e. The molecule has 0 N–H and O–H groups in total. The molecule has 6 nitrogen and oxygen atoms in total. The Morgan fingerprint density at radius 3 is 2.31 bits per heavy atom. The van der Waals surface area contributed by atoms with Gasteiger partial charge in [0, 0.05) is 7.11 Å². The van der Waals surface area contributed by atoms with Crippen LogP contribution in [0.3, 0.4) is 0 Å². The zero-order chi connectivity index (χ0) is 20.9. The highest BCUT2D eigenvalue weighted by Gasteiger charge is 2.08. The second-order valence-corrected chi connectivity index (χ2v) is 6.66. The van der Waals surface area contributed by atoms with Gasteiger partial charge in [0.2, 0.25) is 0 Å². The fraction of sp³-hybridized carbons (Fsp3) is 0.435. The van der Waals surface area contributed by atoms with Crippen molar-refractivity contribution < 1.29 is 28.5 Å². The van der Waals surface area contributed by atoms with E-state index in [9.17, 15) is 4.79 Å². The van der Waals surface area contributed by atoms with Crippen LogP contribution in [0.2, 0.25) is 0 Å². The topological polar surface area (TPSA) is 63.2 Å². The molecule has 158 valence electrons. The summed E-state index contributed by atoms with van der Waals surface area (Å²) < 4.78 is 26.6. The largest absolute Gasteiger partial charge is 0.491 e.